The molecule has 128 valence electrons. The predicted octanol–water partition coefficient (Wildman–Crippen LogP) is 2.10. The van der Waals surface area contributed by atoms with E-state index in [0.717, 1.165) is 0 Å². The van der Waals surface area contributed by atoms with E-state index in [0.29, 0.717) is 19.3 Å². The number of ether oxygens (including phenoxy) is 4. The quantitative estimate of drug-likeness (QED) is 0.785. The average Bonchev–Trinajstić information content (AvgIpc) is 2.44. The number of hydrogen-bond donors (Lipinski definition) is 1. The van der Waals surface area contributed by atoms with Gasteiger partial charge in [-0.2, -0.15) is 0 Å². The summed E-state index contributed by atoms with van der Waals surface area (Å²) in [4.78, 5) is 35.2. The number of carboxylic acid groups (broad SMARTS) is 1. The fourth-order valence-corrected chi connectivity index (χ4v) is 5.17. The van der Waals surface area contributed by atoms with Crippen molar-refractivity contribution in [3.05, 3.63) is 0 Å². The zero-order chi connectivity index (χ0) is 16.9. The topological polar surface area (TPSA) is 108 Å². The van der Waals surface area contributed by atoms with Crippen LogP contribution in [0.5, 0.6) is 0 Å². The number of hydrogen-bond acceptors (Lipinski definition) is 7. The number of rotatable bonds is 3. The molecule has 0 aromatic rings. The summed E-state index contributed by atoms with van der Waals surface area (Å²) in [6, 6.07) is 0. The first-order valence-corrected chi connectivity index (χ1v) is 7.53. The Morgan fingerprint density at radius 2 is 1.35 bits per heavy atom. The molecule has 0 aromatic carbocycles. The largest absolute Gasteiger partial charge is 0.508 e. The number of carbonyl (C=O) groups excluding carboxylic acids is 2. The average molecular weight is 328 g/mol. The van der Waals surface area contributed by atoms with Crippen molar-refractivity contribution in [2.24, 2.45) is 11.3 Å². The Morgan fingerprint density at radius 3 is 1.74 bits per heavy atom. The molecule has 0 spiro atoms. The summed E-state index contributed by atoms with van der Waals surface area (Å²) >= 11 is 0. The molecule has 0 amide bonds. The van der Waals surface area contributed by atoms with Crippen LogP contribution in [0.25, 0.3) is 0 Å². The highest BCUT2D eigenvalue weighted by molar-refractivity contribution is 5.76. The zero-order valence-corrected chi connectivity index (χ0v) is 13.1. The molecule has 4 saturated carbocycles. The summed E-state index contributed by atoms with van der Waals surface area (Å²) in [6.07, 6.45) is 0.630. The van der Waals surface area contributed by atoms with Crippen molar-refractivity contribution in [3.8, 4) is 0 Å². The van der Waals surface area contributed by atoms with Crippen molar-refractivity contribution in [1.29, 1.82) is 0 Å². The molecular weight excluding hydrogens is 308 g/mol. The molecule has 1 N–H and O–H groups in total. The Kier molecular flexibility index (Phi) is 3.46. The van der Waals surface area contributed by atoms with Crippen LogP contribution in [0.3, 0.4) is 0 Å². The zero-order valence-electron chi connectivity index (χ0n) is 13.1. The Morgan fingerprint density at radius 1 is 0.870 bits per heavy atom. The summed E-state index contributed by atoms with van der Waals surface area (Å²) in [6.45, 7) is 0. The maximum Gasteiger partial charge on any atom is 0.508 e. The summed E-state index contributed by atoms with van der Waals surface area (Å²) in [5.74, 6) is -0.936. The van der Waals surface area contributed by atoms with Crippen LogP contribution in [0, 0.1) is 11.3 Å². The fourth-order valence-electron chi connectivity index (χ4n) is 5.17. The molecule has 4 rings (SSSR count). The number of aliphatic carboxylic acids is 1. The van der Waals surface area contributed by atoms with E-state index in [-0.39, 0.29) is 25.2 Å². The Balaban J connectivity index is 1.96. The van der Waals surface area contributed by atoms with E-state index in [4.69, 9.17) is 9.47 Å². The highest BCUT2D eigenvalue weighted by Crippen LogP contribution is 2.65. The van der Waals surface area contributed by atoms with Crippen LogP contribution >= 0.6 is 0 Å². The van der Waals surface area contributed by atoms with Gasteiger partial charge in [0.15, 0.2) is 0 Å². The van der Waals surface area contributed by atoms with Crippen molar-refractivity contribution in [3.63, 3.8) is 0 Å². The van der Waals surface area contributed by atoms with Gasteiger partial charge in [-0.25, -0.2) is 9.59 Å². The molecule has 2 unspecified atom stereocenters. The highest BCUT2D eigenvalue weighted by atomic mass is 16.7. The maximum atomic E-state index is 11.9. The molecule has 23 heavy (non-hydrogen) atoms. The molecule has 8 nitrogen and oxygen atoms in total. The minimum Gasteiger partial charge on any atom is -0.481 e. The lowest BCUT2D eigenvalue weighted by atomic mass is 9.46. The third-order valence-electron chi connectivity index (χ3n) is 5.35. The standard InChI is InChI=1S/C15H20O8/c1-20-11(18)22-14-4-9-3-13(6-14,10(16)17)7-15(5-9,8-14)23-12(19)21-2/h9H,3-8H2,1-2H3,(H,16,17). The van der Waals surface area contributed by atoms with Crippen LogP contribution in [-0.2, 0) is 23.7 Å². The van der Waals surface area contributed by atoms with Crippen LogP contribution < -0.4 is 0 Å². The van der Waals surface area contributed by atoms with Gasteiger partial charge in [-0.3, -0.25) is 4.79 Å². The number of carbonyl (C=O) groups is 3. The van der Waals surface area contributed by atoms with E-state index in [1.807, 2.05) is 0 Å². The molecule has 0 heterocycles. The van der Waals surface area contributed by atoms with Crippen LogP contribution in [0.2, 0.25) is 0 Å². The first-order chi connectivity index (χ1) is 10.8. The molecule has 8 heteroatoms. The van der Waals surface area contributed by atoms with E-state index >= 15 is 0 Å². The molecule has 0 aliphatic heterocycles. The number of methoxy groups -OCH3 is 2. The Hall–Kier alpha value is -1.99. The molecule has 4 aliphatic carbocycles. The molecule has 0 aromatic heterocycles. The Labute approximate surface area is 133 Å². The molecule has 4 fully saturated rings. The fraction of sp³-hybridized carbons (Fsp3) is 0.800. The Bertz CT molecular complexity index is 522. The molecular formula is C15H20O8. The highest BCUT2D eigenvalue weighted by Gasteiger charge is 2.69. The van der Waals surface area contributed by atoms with Gasteiger partial charge in [-0.15, -0.1) is 0 Å². The van der Waals surface area contributed by atoms with Gasteiger partial charge in [0.2, 0.25) is 0 Å². The predicted molar refractivity (Wildman–Crippen MR) is 73.7 cm³/mol. The van der Waals surface area contributed by atoms with Crippen LogP contribution in [0.4, 0.5) is 9.59 Å². The smallest absolute Gasteiger partial charge is 0.481 e. The molecule has 0 radical (unpaired) electrons. The van der Waals surface area contributed by atoms with Gasteiger partial charge in [-0.05, 0) is 25.2 Å². The van der Waals surface area contributed by atoms with Crippen molar-refractivity contribution >= 4 is 18.3 Å². The van der Waals surface area contributed by atoms with Crippen molar-refractivity contribution in [2.45, 2.75) is 49.7 Å². The second-order valence-electron chi connectivity index (χ2n) is 7.07. The minimum absolute atomic E-state index is 0.0108. The van der Waals surface area contributed by atoms with E-state index in [9.17, 15) is 19.5 Å². The van der Waals surface area contributed by atoms with Crippen LogP contribution in [-0.4, -0.2) is 48.8 Å². The number of carboxylic acids is 1. The van der Waals surface area contributed by atoms with Gasteiger partial charge in [-0.1, -0.05) is 0 Å². The lowest BCUT2D eigenvalue weighted by Crippen LogP contribution is -2.67. The SMILES string of the molecule is COC(=O)OC12CC3CC(OC(=O)OC)(C1)CC(C(=O)O)(C3)C2. The second-order valence-corrected chi connectivity index (χ2v) is 7.07. The van der Waals surface area contributed by atoms with Crippen molar-refractivity contribution < 1.29 is 38.4 Å². The third kappa shape index (κ3) is 2.49. The lowest BCUT2D eigenvalue weighted by molar-refractivity contribution is -0.240. The lowest BCUT2D eigenvalue weighted by Gasteiger charge is -2.62. The third-order valence-corrected chi connectivity index (χ3v) is 5.35. The first-order valence-electron chi connectivity index (χ1n) is 7.53. The van der Waals surface area contributed by atoms with Crippen LogP contribution in [0.1, 0.15) is 38.5 Å². The molecule has 0 saturated heterocycles. The molecule has 4 aliphatic rings. The van der Waals surface area contributed by atoms with Gasteiger partial charge in [0.25, 0.3) is 0 Å². The van der Waals surface area contributed by atoms with Crippen LogP contribution in [0.15, 0.2) is 0 Å². The molecule has 2 atom stereocenters. The van der Waals surface area contributed by atoms with E-state index in [1.54, 1.807) is 0 Å². The maximum absolute atomic E-state index is 11.9. The van der Waals surface area contributed by atoms with Gasteiger partial charge in [0.05, 0.1) is 19.6 Å². The summed E-state index contributed by atoms with van der Waals surface area (Å²) in [7, 11) is 2.41. The van der Waals surface area contributed by atoms with E-state index < -0.39 is 34.9 Å². The van der Waals surface area contributed by atoms with Crippen molar-refractivity contribution in [1.82, 2.24) is 0 Å². The van der Waals surface area contributed by atoms with Crippen molar-refractivity contribution in [2.75, 3.05) is 14.2 Å². The van der Waals surface area contributed by atoms with Gasteiger partial charge in [0, 0.05) is 19.3 Å². The van der Waals surface area contributed by atoms with E-state index in [2.05, 4.69) is 9.47 Å². The summed E-state index contributed by atoms with van der Waals surface area (Å²) < 4.78 is 20.1. The van der Waals surface area contributed by atoms with Gasteiger partial charge >= 0.3 is 18.3 Å². The first kappa shape index (κ1) is 15.9. The van der Waals surface area contributed by atoms with Gasteiger partial charge < -0.3 is 24.1 Å². The van der Waals surface area contributed by atoms with E-state index in [1.165, 1.54) is 14.2 Å². The second kappa shape index (κ2) is 5.01. The summed E-state index contributed by atoms with van der Waals surface area (Å²) in [5.41, 5.74) is -3.00. The van der Waals surface area contributed by atoms with Gasteiger partial charge in [0.1, 0.15) is 11.2 Å². The monoisotopic (exact) mass is 328 g/mol. The summed E-state index contributed by atoms with van der Waals surface area (Å²) in [5, 5.41) is 9.75. The normalized spacial score (nSPS) is 40.3. The minimum atomic E-state index is -1.05. The molecule has 4 bridgehead atoms.